The molecule has 1 fully saturated rings. The van der Waals surface area contributed by atoms with Crippen LogP contribution in [-0.4, -0.2) is 26.7 Å². The number of aromatic nitrogens is 2. The van der Waals surface area contributed by atoms with Gasteiger partial charge in [-0.15, -0.1) is 0 Å². The normalized spacial score (nSPS) is 15.8. The molecule has 1 amide bonds. The van der Waals surface area contributed by atoms with Gasteiger partial charge in [-0.2, -0.15) is 0 Å². The lowest BCUT2D eigenvalue weighted by Crippen LogP contribution is -2.31. The summed E-state index contributed by atoms with van der Waals surface area (Å²) in [7, 11) is 0. The number of nitrogens with one attached hydrogen (secondary N) is 1. The lowest BCUT2D eigenvalue weighted by Gasteiger charge is -2.26. The fraction of sp³-hybridized carbons (Fsp3) is 0.375. The minimum absolute atomic E-state index is 0.0120. The minimum Gasteiger partial charge on any atom is -0.398 e. The van der Waals surface area contributed by atoms with Crippen molar-refractivity contribution in [3.05, 3.63) is 89.3 Å². The number of nitrogens with zero attached hydrogens (tertiary/aromatic N) is 3. The first-order valence-electron chi connectivity index (χ1n) is 14.3. The van der Waals surface area contributed by atoms with Gasteiger partial charge in [-0.05, 0) is 75.1 Å². The maximum atomic E-state index is 12.1. The van der Waals surface area contributed by atoms with Crippen LogP contribution >= 0.6 is 0 Å². The van der Waals surface area contributed by atoms with Crippen LogP contribution in [0.4, 0.5) is 17.3 Å². The van der Waals surface area contributed by atoms with Gasteiger partial charge in [0.2, 0.25) is 5.91 Å². The monoisotopic (exact) mass is 555 g/mol. The first kappa shape index (κ1) is 29.9. The molecule has 216 valence electrons. The predicted octanol–water partition coefficient (Wildman–Crippen LogP) is 5.17. The Morgan fingerprint density at radius 1 is 1.10 bits per heavy atom. The Balaban J connectivity index is 1.35. The number of carbonyl (C=O) groups excluding carboxylic acids is 1. The standard InChI is InChI=1S/C32H41N7O2/c1-32(41,39-26-14-9-10-20-36-26)24-18-16-22(17-19-24)29(33)28-30(34)23(21-37-31(28)35)11-5-2-3-8-15-27(40)38-25-12-6-4-7-13-25/h2,5,9-10,14,16-21,29,41H,3-4,6-8,11-13,15,33H2,1H3,(H,36,39)(H4,34,35,37)/b5-2-. The highest BCUT2D eigenvalue weighted by atomic mass is 16.3. The number of nitrogens with two attached hydrogens (primary N) is 3. The number of benzene rings is 1. The molecule has 1 aromatic carbocycles. The highest BCUT2D eigenvalue weighted by molar-refractivity contribution is 5.96. The van der Waals surface area contributed by atoms with Gasteiger partial charge in [0.1, 0.15) is 11.6 Å². The molecule has 3 aromatic rings. The van der Waals surface area contributed by atoms with Gasteiger partial charge in [0.25, 0.3) is 0 Å². The zero-order chi connectivity index (χ0) is 29.2. The van der Waals surface area contributed by atoms with Crippen LogP contribution in [0.3, 0.4) is 0 Å². The van der Waals surface area contributed by atoms with Crippen LogP contribution in [0.15, 0.2) is 72.0 Å². The topological polar surface area (TPSA) is 166 Å². The maximum absolute atomic E-state index is 12.1. The van der Waals surface area contributed by atoms with Crippen LogP contribution in [0.5, 0.6) is 0 Å². The van der Waals surface area contributed by atoms with Crippen molar-refractivity contribution < 1.29 is 9.90 Å². The van der Waals surface area contributed by atoms with Gasteiger partial charge in [0.15, 0.2) is 5.72 Å². The Kier molecular flexibility index (Phi) is 10.2. The molecule has 9 heteroatoms. The number of nitrogen functional groups attached to an aromatic ring is 2. The van der Waals surface area contributed by atoms with E-state index in [1.807, 2.05) is 42.5 Å². The number of pyridine rings is 2. The number of allylic oxidation sites excluding steroid dienone is 2. The van der Waals surface area contributed by atoms with Gasteiger partial charge in [0.05, 0.1) is 6.04 Å². The van der Waals surface area contributed by atoms with Crippen LogP contribution < -0.4 is 22.5 Å². The zero-order valence-corrected chi connectivity index (χ0v) is 23.7. The first-order valence-corrected chi connectivity index (χ1v) is 14.3. The molecule has 9 nitrogen and oxygen atoms in total. The van der Waals surface area contributed by atoms with Gasteiger partial charge in [-0.25, -0.2) is 15.0 Å². The minimum atomic E-state index is -1.33. The summed E-state index contributed by atoms with van der Waals surface area (Å²) >= 11 is 0. The van der Waals surface area contributed by atoms with Gasteiger partial charge in [-0.1, -0.05) is 48.9 Å². The molecule has 1 saturated carbocycles. The Morgan fingerprint density at radius 3 is 2.56 bits per heavy atom. The largest absolute Gasteiger partial charge is 0.398 e. The van der Waals surface area contributed by atoms with E-state index in [4.69, 9.17) is 17.2 Å². The first-order chi connectivity index (χ1) is 19.7. The summed E-state index contributed by atoms with van der Waals surface area (Å²) in [6.45, 7) is 1.66. The number of hydrogen-bond acceptors (Lipinski definition) is 8. The molecule has 2 heterocycles. The second-order valence-corrected chi connectivity index (χ2v) is 10.7. The Morgan fingerprint density at radius 2 is 1.85 bits per heavy atom. The average Bonchev–Trinajstić information content (AvgIpc) is 2.97. The molecular weight excluding hydrogens is 514 g/mol. The van der Waals surface area contributed by atoms with Crippen molar-refractivity contribution in [2.24, 2.45) is 10.7 Å². The Labute approximate surface area is 242 Å². The van der Waals surface area contributed by atoms with Crippen LogP contribution in [0.2, 0.25) is 0 Å². The summed E-state index contributed by atoms with van der Waals surface area (Å²) in [5.74, 6) is 0.837. The molecule has 2 atom stereocenters. The van der Waals surface area contributed by atoms with Gasteiger partial charge in [0, 0.05) is 41.3 Å². The van der Waals surface area contributed by atoms with Gasteiger partial charge >= 0.3 is 0 Å². The summed E-state index contributed by atoms with van der Waals surface area (Å²) in [5.41, 5.74) is 22.5. The molecule has 0 bridgehead atoms. The Hall–Kier alpha value is -4.08. The van der Waals surface area contributed by atoms with Crippen molar-refractivity contribution in [3.8, 4) is 0 Å². The van der Waals surface area contributed by atoms with Gasteiger partial charge < -0.3 is 27.6 Å². The van der Waals surface area contributed by atoms with E-state index >= 15 is 0 Å². The van der Waals surface area contributed by atoms with Crippen LogP contribution in [0, 0.1) is 0 Å². The molecule has 2 unspecified atom stereocenters. The number of anilines is 3. The average molecular weight is 556 g/mol. The van der Waals surface area contributed by atoms with Crippen LogP contribution in [0.1, 0.15) is 86.6 Å². The number of hydrogen-bond donors (Lipinski definition) is 5. The third-order valence-corrected chi connectivity index (χ3v) is 7.43. The van der Waals surface area contributed by atoms with Crippen LogP contribution in [0.25, 0.3) is 0 Å². The number of aliphatic imine (C=N–C) groups is 1. The van der Waals surface area contributed by atoms with Crippen LogP contribution in [-0.2, 0) is 16.9 Å². The molecule has 41 heavy (non-hydrogen) atoms. The third kappa shape index (κ3) is 8.22. The molecule has 1 aliphatic rings. The highest BCUT2D eigenvalue weighted by Crippen LogP contribution is 2.32. The lowest BCUT2D eigenvalue weighted by atomic mass is 9.94. The summed E-state index contributed by atoms with van der Waals surface area (Å²) < 4.78 is 0. The molecule has 4 rings (SSSR count). The molecule has 1 aliphatic carbocycles. The molecule has 0 spiro atoms. The van der Waals surface area contributed by atoms with E-state index in [0.29, 0.717) is 35.5 Å². The quantitative estimate of drug-likeness (QED) is 0.123. The molecule has 0 aliphatic heterocycles. The summed E-state index contributed by atoms with van der Waals surface area (Å²) in [6.07, 6.45) is 15.5. The van der Waals surface area contributed by atoms with E-state index in [1.165, 1.54) is 6.42 Å². The fourth-order valence-corrected chi connectivity index (χ4v) is 5.03. The molecule has 0 saturated heterocycles. The second kappa shape index (κ2) is 14.0. The molecule has 0 radical (unpaired) electrons. The number of unbranched alkanes of at least 4 members (excludes halogenated alkanes) is 1. The van der Waals surface area contributed by atoms with E-state index in [1.54, 1.807) is 25.4 Å². The van der Waals surface area contributed by atoms with Crippen molar-refractivity contribution >= 4 is 28.9 Å². The van der Waals surface area contributed by atoms with E-state index in [0.717, 1.165) is 55.4 Å². The number of carbonyl (C=O) groups is 1. The zero-order valence-electron chi connectivity index (χ0n) is 23.7. The predicted molar refractivity (Wildman–Crippen MR) is 165 cm³/mol. The van der Waals surface area contributed by atoms with Crippen molar-refractivity contribution in [3.63, 3.8) is 0 Å². The Bertz CT molecular complexity index is 1360. The van der Waals surface area contributed by atoms with Crippen molar-refractivity contribution in [2.75, 3.05) is 16.8 Å². The number of aliphatic hydroxyl groups is 1. The van der Waals surface area contributed by atoms with Crippen molar-refractivity contribution in [1.29, 1.82) is 0 Å². The molecule has 2 aromatic heterocycles. The lowest BCUT2D eigenvalue weighted by molar-refractivity contribution is -0.117. The SMILES string of the molecule is CC(O)(Nc1ccccn1)c1ccc(C(N)c2c(N)ncc(C/C=C\CCCC(=O)N=C3CCCCC3)c2N)cc1. The molecule has 8 N–H and O–H groups in total. The smallest absolute Gasteiger partial charge is 0.245 e. The number of amides is 1. The highest BCUT2D eigenvalue weighted by Gasteiger charge is 2.24. The van der Waals surface area contributed by atoms with E-state index in [2.05, 4.69) is 26.4 Å². The van der Waals surface area contributed by atoms with Crippen molar-refractivity contribution in [2.45, 2.75) is 76.5 Å². The summed E-state index contributed by atoms with van der Waals surface area (Å²) in [4.78, 5) is 25.0. The van der Waals surface area contributed by atoms with Crippen molar-refractivity contribution in [1.82, 2.24) is 9.97 Å². The number of rotatable bonds is 11. The second-order valence-electron chi connectivity index (χ2n) is 10.7. The third-order valence-electron chi connectivity index (χ3n) is 7.43. The summed E-state index contributed by atoms with van der Waals surface area (Å²) in [6, 6.07) is 12.2. The van der Waals surface area contributed by atoms with E-state index in [9.17, 15) is 9.90 Å². The summed E-state index contributed by atoms with van der Waals surface area (Å²) in [5, 5.41) is 14.0. The van der Waals surface area contributed by atoms with E-state index < -0.39 is 11.8 Å². The van der Waals surface area contributed by atoms with E-state index in [-0.39, 0.29) is 11.7 Å². The van der Waals surface area contributed by atoms with Gasteiger partial charge in [-0.3, -0.25) is 4.79 Å². The fourth-order valence-electron chi connectivity index (χ4n) is 5.03. The maximum Gasteiger partial charge on any atom is 0.245 e. The molecular formula is C32H41N7O2.